The lowest BCUT2D eigenvalue weighted by molar-refractivity contribution is -0.150. The fourth-order valence-corrected chi connectivity index (χ4v) is 4.28. The van der Waals surface area contributed by atoms with Crippen LogP contribution in [0, 0.1) is 11.8 Å². The minimum Gasteiger partial charge on any atom is -0.459 e. The summed E-state index contributed by atoms with van der Waals surface area (Å²) in [6.07, 6.45) is 6.55. The first-order valence-electron chi connectivity index (χ1n) is 9.96. The quantitative estimate of drug-likeness (QED) is 0.480. The Labute approximate surface area is 163 Å². The van der Waals surface area contributed by atoms with Gasteiger partial charge in [0.25, 0.3) is 0 Å². The number of benzene rings is 2. The fourth-order valence-electron chi connectivity index (χ4n) is 4.28. The molecule has 142 valence electrons. The Balaban J connectivity index is 1.74. The number of carbonyl (C=O) groups is 1. The number of esters is 1. The van der Waals surface area contributed by atoms with E-state index in [0.717, 1.165) is 18.4 Å². The van der Waals surface area contributed by atoms with Gasteiger partial charge < -0.3 is 4.74 Å². The smallest absolute Gasteiger partial charge is 0.331 e. The lowest BCUT2D eigenvalue weighted by atomic mass is 9.64. The summed E-state index contributed by atoms with van der Waals surface area (Å²) in [5.74, 6) is 0.667. The highest BCUT2D eigenvalue weighted by molar-refractivity contribution is 5.87. The van der Waals surface area contributed by atoms with Gasteiger partial charge in [-0.15, -0.1) is 0 Å². The number of ether oxygens (including phenoxy) is 1. The van der Waals surface area contributed by atoms with Crippen LogP contribution in [0.15, 0.2) is 66.7 Å². The molecular weight excluding hydrogens is 332 g/mol. The van der Waals surface area contributed by atoms with E-state index >= 15 is 0 Å². The molecule has 27 heavy (non-hydrogen) atoms. The highest BCUT2D eigenvalue weighted by Crippen LogP contribution is 2.43. The fraction of sp³-hybridized carbons (Fsp3) is 0.400. The molecule has 1 saturated carbocycles. The van der Waals surface area contributed by atoms with E-state index in [-0.39, 0.29) is 17.5 Å². The van der Waals surface area contributed by atoms with E-state index in [1.807, 2.05) is 36.4 Å². The molecular formula is C25H30O2. The molecule has 0 aliphatic heterocycles. The van der Waals surface area contributed by atoms with Gasteiger partial charge in [0.2, 0.25) is 0 Å². The Morgan fingerprint density at radius 1 is 1.00 bits per heavy atom. The highest BCUT2D eigenvalue weighted by Gasteiger charge is 2.41. The van der Waals surface area contributed by atoms with Gasteiger partial charge in [-0.3, -0.25) is 0 Å². The van der Waals surface area contributed by atoms with Gasteiger partial charge in [0.15, 0.2) is 0 Å². The lowest BCUT2D eigenvalue weighted by Crippen LogP contribution is -2.43. The number of rotatable bonds is 5. The largest absolute Gasteiger partial charge is 0.459 e. The predicted octanol–water partition coefficient (Wildman–Crippen LogP) is 6.03. The minimum absolute atomic E-state index is 0.0323. The van der Waals surface area contributed by atoms with Crippen molar-refractivity contribution in [3.63, 3.8) is 0 Å². The lowest BCUT2D eigenvalue weighted by Gasteiger charge is -2.43. The summed E-state index contributed by atoms with van der Waals surface area (Å²) in [6, 6.07) is 20.5. The third-order valence-corrected chi connectivity index (χ3v) is 5.98. The van der Waals surface area contributed by atoms with Crippen molar-refractivity contribution >= 4 is 12.0 Å². The van der Waals surface area contributed by atoms with Crippen LogP contribution in [0.4, 0.5) is 0 Å². The topological polar surface area (TPSA) is 26.3 Å². The van der Waals surface area contributed by atoms with Crippen molar-refractivity contribution in [1.29, 1.82) is 0 Å². The van der Waals surface area contributed by atoms with Crippen LogP contribution in [0.2, 0.25) is 0 Å². The van der Waals surface area contributed by atoms with Crippen molar-refractivity contribution in [3.8, 4) is 0 Å². The van der Waals surface area contributed by atoms with Gasteiger partial charge in [0, 0.05) is 12.0 Å². The molecule has 2 nitrogen and oxygen atoms in total. The molecule has 0 heterocycles. The zero-order valence-corrected chi connectivity index (χ0v) is 16.6. The Morgan fingerprint density at radius 3 is 2.30 bits per heavy atom. The van der Waals surface area contributed by atoms with Crippen LogP contribution < -0.4 is 0 Å². The van der Waals surface area contributed by atoms with E-state index < -0.39 is 0 Å². The Bertz CT molecular complexity index is 761. The maximum atomic E-state index is 12.5. The van der Waals surface area contributed by atoms with E-state index in [0.29, 0.717) is 11.8 Å². The van der Waals surface area contributed by atoms with Crippen molar-refractivity contribution in [2.75, 3.05) is 0 Å². The average Bonchev–Trinajstić information content (AvgIpc) is 2.68. The molecule has 0 N–H and O–H groups in total. The summed E-state index contributed by atoms with van der Waals surface area (Å²) in [4.78, 5) is 12.5. The van der Waals surface area contributed by atoms with Crippen LogP contribution in [0.5, 0.6) is 0 Å². The second kappa shape index (κ2) is 8.56. The average molecular weight is 363 g/mol. The molecule has 3 rings (SSSR count). The molecule has 0 radical (unpaired) electrons. The van der Waals surface area contributed by atoms with E-state index in [1.54, 1.807) is 6.08 Å². The molecule has 1 fully saturated rings. The van der Waals surface area contributed by atoms with E-state index in [1.165, 1.54) is 12.0 Å². The third-order valence-electron chi connectivity index (χ3n) is 5.98. The van der Waals surface area contributed by atoms with Crippen LogP contribution in [0.3, 0.4) is 0 Å². The normalized spacial score (nSPS) is 23.3. The van der Waals surface area contributed by atoms with Crippen LogP contribution in [0.1, 0.15) is 51.2 Å². The van der Waals surface area contributed by atoms with Crippen LogP contribution >= 0.6 is 0 Å². The van der Waals surface area contributed by atoms with Crippen molar-refractivity contribution in [3.05, 3.63) is 77.9 Å². The molecule has 3 unspecified atom stereocenters. The van der Waals surface area contributed by atoms with Crippen molar-refractivity contribution in [2.24, 2.45) is 11.8 Å². The van der Waals surface area contributed by atoms with Crippen molar-refractivity contribution < 1.29 is 9.53 Å². The first-order valence-corrected chi connectivity index (χ1v) is 9.96. The zero-order valence-electron chi connectivity index (χ0n) is 16.6. The van der Waals surface area contributed by atoms with Crippen molar-refractivity contribution in [2.45, 2.75) is 51.6 Å². The molecule has 3 atom stereocenters. The SMILES string of the molecule is CC1CCC(C(C)(C)c2ccccc2)C(OC(=O)C=Cc2ccccc2)C1. The Kier molecular flexibility index (Phi) is 6.15. The van der Waals surface area contributed by atoms with Gasteiger partial charge in [-0.1, -0.05) is 87.9 Å². The molecule has 2 aromatic carbocycles. The van der Waals surface area contributed by atoms with Gasteiger partial charge in [0.05, 0.1) is 0 Å². The summed E-state index contributed by atoms with van der Waals surface area (Å²) in [7, 11) is 0. The zero-order chi connectivity index (χ0) is 19.3. The summed E-state index contributed by atoms with van der Waals surface area (Å²) in [5, 5.41) is 0. The number of carbonyl (C=O) groups excluding carboxylic acids is 1. The summed E-state index contributed by atoms with van der Waals surface area (Å²) >= 11 is 0. The standard InChI is InChI=1S/C25H30O2/c1-19-14-16-22(25(2,3)21-12-8-5-9-13-21)23(18-19)27-24(26)17-15-20-10-6-4-7-11-20/h4-13,15,17,19,22-23H,14,16,18H2,1-3H3. The molecule has 1 aliphatic carbocycles. The highest BCUT2D eigenvalue weighted by atomic mass is 16.5. The van der Waals surface area contributed by atoms with Crippen LogP contribution in [-0.2, 0) is 14.9 Å². The monoisotopic (exact) mass is 362 g/mol. The predicted molar refractivity (Wildman–Crippen MR) is 111 cm³/mol. The molecule has 0 saturated heterocycles. The third kappa shape index (κ3) is 4.88. The van der Waals surface area contributed by atoms with Gasteiger partial charge >= 0.3 is 5.97 Å². The molecule has 1 aliphatic rings. The Morgan fingerprint density at radius 2 is 1.63 bits per heavy atom. The molecule has 2 heteroatoms. The summed E-state index contributed by atoms with van der Waals surface area (Å²) < 4.78 is 5.98. The summed E-state index contributed by atoms with van der Waals surface area (Å²) in [6.45, 7) is 6.82. The second-order valence-corrected chi connectivity index (χ2v) is 8.33. The van der Waals surface area contributed by atoms with Crippen LogP contribution in [0.25, 0.3) is 6.08 Å². The first kappa shape index (κ1) is 19.4. The van der Waals surface area contributed by atoms with Crippen molar-refractivity contribution in [1.82, 2.24) is 0 Å². The number of hydrogen-bond acceptors (Lipinski definition) is 2. The van der Waals surface area contributed by atoms with Crippen LogP contribution in [-0.4, -0.2) is 12.1 Å². The molecule has 0 bridgehead atoms. The maximum absolute atomic E-state index is 12.5. The second-order valence-electron chi connectivity index (χ2n) is 8.33. The van der Waals surface area contributed by atoms with Gasteiger partial charge in [-0.05, 0) is 41.4 Å². The molecule has 0 aromatic heterocycles. The van der Waals surface area contributed by atoms with Gasteiger partial charge in [0.1, 0.15) is 6.10 Å². The van der Waals surface area contributed by atoms with E-state index in [4.69, 9.17) is 4.74 Å². The van der Waals surface area contributed by atoms with Gasteiger partial charge in [-0.25, -0.2) is 4.79 Å². The first-order chi connectivity index (χ1) is 13.0. The summed E-state index contributed by atoms with van der Waals surface area (Å²) in [5.41, 5.74) is 2.29. The van der Waals surface area contributed by atoms with Gasteiger partial charge in [-0.2, -0.15) is 0 Å². The number of hydrogen-bond donors (Lipinski definition) is 0. The van der Waals surface area contributed by atoms with E-state index in [2.05, 4.69) is 51.1 Å². The Hall–Kier alpha value is -2.35. The molecule has 2 aromatic rings. The molecule has 0 amide bonds. The molecule has 0 spiro atoms. The maximum Gasteiger partial charge on any atom is 0.331 e. The van der Waals surface area contributed by atoms with E-state index in [9.17, 15) is 4.79 Å². The minimum atomic E-state index is -0.244.